The maximum Gasteiger partial charge on any atom is 0.326 e. The molecule has 0 bridgehead atoms. The first-order chi connectivity index (χ1) is 7.54. The quantitative estimate of drug-likeness (QED) is 0.502. The van der Waals surface area contributed by atoms with Crippen molar-refractivity contribution in [3.05, 3.63) is 17.7 Å². The molecule has 5 N–H and O–H groups in total. The van der Waals surface area contributed by atoms with E-state index in [1.165, 1.54) is 6.33 Å². The van der Waals surface area contributed by atoms with E-state index in [9.17, 15) is 9.59 Å². The van der Waals surface area contributed by atoms with Gasteiger partial charge in [0.15, 0.2) is 0 Å². The third kappa shape index (κ3) is 3.06. The Labute approximate surface area is 92.1 Å². The predicted molar refractivity (Wildman–Crippen MR) is 55.6 cm³/mol. The number of hydrogen-bond acceptors (Lipinski definition) is 4. The molecular formula is C9H14N4O3. The fourth-order valence-corrected chi connectivity index (χ4v) is 1.24. The second kappa shape index (κ2) is 5.26. The molecule has 0 aliphatic heterocycles. The number of amides is 1. The van der Waals surface area contributed by atoms with E-state index in [-0.39, 0.29) is 13.0 Å². The molecule has 1 amide bonds. The summed E-state index contributed by atoms with van der Waals surface area (Å²) in [7, 11) is 0. The van der Waals surface area contributed by atoms with Gasteiger partial charge < -0.3 is 21.1 Å². The zero-order valence-electron chi connectivity index (χ0n) is 8.86. The van der Waals surface area contributed by atoms with Crippen molar-refractivity contribution in [3.8, 4) is 0 Å². The van der Waals surface area contributed by atoms with Gasteiger partial charge in [0.2, 0.25) is 5.91 Å². The van der Waals surface area contributed by atoms with Gasteiger partial charge in [-0.05, 0) is 6.92 Å². The minimum atomic E-state index is -1.11. The summed E-state index contributed by atoms with van der Waals surface area (Å²) in [4.78, 5) is 28.7. The number of rotatable bonds is 5. The number of aryl methyl sites for hydroxylation is 1. The summed E-state index contributed by atoms with van der Waals surface area (Å²) < 4.78 is 0. The number of aromatic nitrogens is 2. The molecule has 7 nitrogen and oxygen atoms in total. The SMILES string of the molecule is Cc1[nH]cnc1CC(NC(=O)CN)C(=O)O. The highest BCUT2D eigenvalue weighted by atomic mass is 16.4. The molecular weight excluding hydrogens is 212 g/mol. The largest absolute Gasteiger partial charge is 0.480 e. The fourth-order valence-electron chi connectivity index (χ4n) is 1.24. The van der Waals surface area contributed by atoms with Crippen molar-refractivity contribution in [2.75, 3.05) is 6.54 Å². The molecule has 88 valence electrons. The average molecular weight is 226 g/mol. The van der Waals surface area contributed by atoms with Gasteiger partial charge in [-0.25, -0.2) is 9.78 Å². The van der Waals surface area contributed by atoms with Gasteiger partial charge in [-0.1, -0.05) is 0 Å². The van der Waals surface area contributed by atoms with Crippen molar-refractivity contribution < 1.29 is 14.7 Å². The molecule has 7 heteroatoms. The molecule has 0 spiro atoms. The van der Waals surface area contributed by atoms with Gasteiger partial charge in [-0.3, -0.25) is 4.79 Å². The van der Waals surface area contributed by atoms with Crippen molar-refractivity contribution in [1.82, 2.24) is 15.3 Å². The number of nitrogens with two attached hydrogens (primary N) is 1. The Hall–Kier alpha value is -1.89. The van der Waals surface area contributed by atoms with Gasteiger partial charge in [0.05, 0.1) is 18.6 Å². The number of hydrogen-bond donors (Lipinski definition) is 4. The van der Waals surface area contributed by atoms with Crippen LogP contribution >= 0.6 is 0 Å². The Morgan fingerprint density at radius 3 is 2.81 bits per heavy atom. The van der Waals surface area contributed by atoms with Crippen LogP contribution in [0.2, 0.25) is 0 Å². The number of carbonyl (C=O) groups is 2. The Kier molecular flexibility index (Phi) is 4.01. The number of H-pyrrole nitrogens is 1. The molecule has 0 saturated carbocycles. The lowest BCUT2D eigenvalue weighted by Gasteiger charge is -2.12. The Balaban J connectivity index is 2.69. The Morgan fingerprint density at radius 2 is 2.38 bits per heavy atom. The number of aromatic amines is 1. The molecule has 1 atom stereocenters. The zero-order chi connectivity index (χ0) is 12.1. The summed E-state index contributed by atoms with van der Waals surface area (Å²) >= 11 is 0. The van der Waals surface area contributed by atoms with Crippen LogP contribution in [0, 0.1) is 6.92 Å². The highest BCUT2D eigenvalue weighted by Gasteiger charge is 2.21. The molecule has 16 heavy (non-hydrogen) atoms. The van der Waals surface area contributed by atoms with Crippen LogP contribution in [-0.4, -0.2) is 39.5 Å². The van der Waals surface area contributed by atoms with Crippen LogP contribution in [0.3, 0.4) is 0 Å². The van der Waals surface area contributed by atoms with Gasteiger partial charge in [0.1, 0.15) is 6.04 Å². The highest BCUT2D eigenvalue weighted by molar-refractivity contribution is 5.84. The Bertz CT molecular complexity index is 388. The number of imidazole rings is 1. The Morgan fingerprint density at radius 1 is 1.69 bits per heavy atom. The number of carboxylic acids is 1. The molecule has 1 rings (SSSR count). The van der Waals surface area contributed by atoms with E-state index in [0.717, 1.165) is 5.69 Å². The summed E-state index contributed by atoms with van der Waals surface area (Å²) in [5.41, 5.74) is 6.50. The van der Waals surface area contributed by atoms with E-state index in [1.807, 2.05) is 0 Å². The number of carboxylic acid groups (broad SMARTS) is 1. The first-order valence-electron chi connectivity index (χ1n) is 4.75. The normalized spacial score (nSPS) is 12.1. The van der Waals surface area contributed by atoms with Gasteiger partial charge in [-0.15, -0.1) is 0 Å². The van der Waals surface area contributed by atoms with Crippen LogP contribution in [0.4, 0.5) is 0 Å². The second-order valence-corrected chi connectivity index (χ2v) is 3.34. The zero-order valence-corrected chi connectivity index (χ0v) is 8.86. The first-order valence-corrected chi connectivity index (χ1v) is 4.75. The minimum Gasteiger partial charge on any atom is -0.480 e. The second-order valence-electron chi connectivity index (χ2n) is 3.34. The third-order valence-corrected chi connectivity index (χ3v) is 2.15. The summed E-state index contributed by atoms with van der Waals surface area (Å²) in [6.07, 6.45) is 1.62. The van der Waals surface area contributed by atoms with E-state index in [2.05, 4.69) is 15.3 Å². The topological polar surface area (TPSA) is 121 Å². The van der Waals surface area contributed by atoms with Crippen molar-refractivity contribution in [2.45, 2.75) is 19.4 Å². The summed E-state index contributed by atoms with van der Waals surface area (Å²) in [5, 5.41) is 11.2. The molecule has 0 aliphatic rings. The highest BCUT2D eigenvalue weighted by Crippen LogP contribution is 2.04. The lowest BCUT2D eigenvalue weighted by molar-refractivity contribution is -0.141. The molecule has 1 aromatic rings. The summed E-state index contributed by atoms with van der Waals surface area (Å²) in [6.45, 7) is 1.55. The molecule has 0 aromatic carbocycles. The van der Waals surface area contributed by atoms with E-state index in [4.69, 9.17) is 10.8 Å². The average Bonchev–Trinajstić information content (AvgIpc) is 2.63. The third-order valence-electron chi connectivity index (χ3n) is 2.15. The molecule has 0 radical (unpaired) electrons. The van der Waals surface area contributed by atoms with E-state index in [0.29, 0.717) is 5.69 Å². The van der Waals surface area contributed by atoms with Crippen LogP contribution in [-0.2, 0) is 16.0 Å². The molecule has 1 aromatic heterocycles. The van der Waals surface area contributed by atoms with Crippen LogP contribution in [0.5, 0.6) is 0 Å². The fraction of sp³-hybridized carbons (Fsp3) is 0.444. The molecule has 1 heterocycles. The minimum absolute atomic E-state index is 0.135. The number of carbonyl (C=O) groups excluding carboxylic acids is 1. The standard InChI is InChI=1S/C9H14N4O3/c1-5-6(12-4-11-5)2-7(9(15)16)13-8(14)3-10/h4,7H,2-3,10H2,1H3,(H,11,12)(H,13,14)(H,15,16). The van der Waals surface area contributed by atoms with Gasteiger partial charge in [0, 0.05) is 12.1 Å². The maximum atomic E-state index is 11.0. The lowest BCUT2D eigenvalue weighted by Crippen LogP contribution is -2.45. The van der Waals surface area contributed by atoms with Crippen molar-refractivity contribution in [2.24, 2.45) is 5.73 Å². The molecule has 0 saturated heterocycles. The van der Waals surface area contributed by atoms with Crippen molar-refractivity contribution in [1.29, 1.82) is 0 Å². The van der Waals surface area contributed by atoms with E-state index >= 15 is 0 Å². The number of aliphatic carboxylic acids is 1. The number of nitrogens with one attached hydrogen (secondary N) is 2. The van der Waals surface area contributed by atoms with Crippen molar-refractivity contribution in [3.63, 3.8) is 0 Å². The van der Waals surface area contributed by atoms with E-state index in [1.54, 1.807) is 6.92 Å². The molecule has 0 fully saturated rings. The van der Waals surface area contributed by atoms with Gasteiger partial charge in [0.25, 0.3) is 0 Å². The molecule has 0 aliphatic carbocycles. The smallest absolute Gasteiger partial charge is 0.326 e. The number of nitrogens with zero attached hydrogens (tertiary/aromatic N) is 1. The first kappa shape index (κ1) is 12.2. The summed E-state index contributed by atoms with van der Waals surface area (Å²) in [5.74, 6) is -1.61. The van der Waals surface area contributed by atoms with Crippen LogP contribution in [0.1, 0.15) is 11.4 Å². The van der Waals surface area contributed by atoms with Crippen molar-refractivity contribution >= 4 is 11.9 Å². The van der Waals surface area contributed by atoms with Gasteiger partial charge in [-0.2, -0.15) is 0 Å². The van der Waals surface area contributed by atoms with Gasteiger partial charge >= 0.3 is 5.97 Å². The summed E-state index contributed by atoms with van der Waals surface area (Å²) in [6, 6.07) is -1.00. The predicted octanol–water partition coefficient (Wildman–Crippen LogP) is -1.21. The van der Waals surface area contributed by atoms with E-state index < -0.39 is 17.9 Å². The van der Waals surface area contributed by atoms with Crippen LogP contribution in [0.15, 0.2) is 6.33 Å². The molecule has 1 unspecified atom stereocenters. The van der Waals surface area contributed by atoms with Crippen LogP contribution < -0.4 is 11.1 Å². The lowest BCUT2D eigenvalue weighted by atomic mass is 10.1. The monoisotopic (exact) mass is 226 g/mol. The maximum absolute atomic E-state index is 11.0. The van der Waals surface area contributed by atoms with Crippen LogP contribution in [0.25, 0.3) is 0 Å².